The molecule has 6 nitrogen and oxygen atoms in total. The SMILES string of the molecule is CCOC(=O)c1nc2ccoc2nc1OC. The smallest absolute Gasteiger partial charge is 0.362 e. The predicted octanol–water partition coefficient (Wildman–Crippen LogP) is 1.41. The number of esters is 1. The maximum Gasteiger partial charge on any atom is 0.362 e. The number of nitrogens with zero attached hydrogens (tertiary/aromatic N) is 2. The van der Waals surface area contributed by atoms with Gasteiger partial charge in [-0.05, 0) is 6.92 Å². The van der Waals surface area contributed by atoms with Crippen LogP contribution in [0.5, 0.6) is 5.88 Å². The lowest BCUT2D eigenvalue weighted by Gasteiger charge is -2.05. The number of fused-ring (bicyclic) bond motifs is 1. The van der Waals surface area contributed by atoms with Crippen LogP contribution in [0.15, 0.2) is 16.7 Å². The molecule has 0 aliphatic carbocycles. The van der Waals surface area contributed by atoms with E-state index in [1.54, 1.807) is 13.0 Å². The fourth-order valence-corrected chi connectivity index (χ4v) is 1.25. The van der Waals surface area contributed by atoms with Crippen molar-refractivity contribution in [3.05, 3.63) is 18.0 Å². The van der Waals surface area contributed by atoms with E-state index in [1.165, 1.54) is 13.4 Å². The molecule has 2 aromatic rings. The monoisotopic (exact) mass is 222 g/mol. The third-order valence-electron chi connectivity index (χ3n) is 1.92. The number of rotatable bonds is 3. The summed E-state index contributed by atoms with van der Waals surface area (Å²) in [6, 6.07) is 1.62. The van der Waals surface area contributed by atoms with Crippen LogP contribution in [0.25, 0.3) is 11.2 Å². The van der Waals surface area contributed by atoms with Crippen molar-refractivity contribution in [2.45, 2.75) is 6.92 Å². The summed E-state index contributed by atoms with van der Waals surface area (Å²) in [7, 11) is 1.40. The van der Waals surface area contributed by atoms with Crippen molar-refractivity contribution in [2.75, 3.05) is 13.7 Å². The molecule has 16 heavy (non-hydrogen) atoms. The van der Waals surface area contributed by atoms with E-state index in [4.69, 9.17) is 13.9 Å². The maximum atomic E-state index is 11.6. The van der Waals surface area contributed by atoms with Crippen molar-refractivity contribution in [1.29, 1.82) is 0 Å². The van der Waals surface area contributed by atoms with Gasteiger partial charge >= 0.3 is 5.97 Å². The highest BCUT2D eigenvalue weighted by molar-refractivity contribution is 5.91. The van der Waals surface area contributed by atoms with E-state index < -0.39 is 5.97 Å². The van der Waals surface area contributed by atoms with Gasteiger partial charge in [0.05, 0.1) is 20.0 Å². The first-order chi connectivity index (χ1) is 7.76. The molecule has 0 radical (unpaired) electrons. The van der Waals surface area contributed by atoms with Crippen molar-refractivity contribution in [3.63, 3.8) is 0 Å². The molecule has 2 heterocycles. The number of carbonyl (C=O) groups is 1. The first-order valence-electron chi connectivity index (χ1n) is 4.72. The van der Waals surface area contributed by atoms with Crippen molar-refractivity contribution >= 4 is 17.2 Å². The summed E-state index contributed by atoms with van der Waals surface area (Å²) in [5, 5.41) is 0. The molecule has 0 unspecified atom stereocenters. The molecule has 2 aromatic heterocycles. The lowest BCUT2D eigenvalue weighted by atomic mass is 10.4. The molecule has 0 spiro atoms. The van der Waals surface area contributed by atoms with Crippen LogP contribution < -0.4 is 4.74 Å². The summed E-state index contributed by atoms with van der Waals surface area (Å²) in [6.07, 6.45) is 1.44. The molecule has 0 amide bonds. The summed E-state index contributed by atoms with van der Waals surface area (Å²) < 4.78 is 14.8. The zero-order valence-corrected chi connectivity index (χ0v) is 8.89. The molecule has 0 bridgehead atoms. The van der Waals surface area contributed by atoms with Crippen molar-refractivity contribution in [1.82, 2.24) is 9.97 Å². The fraction of sp³-hybridized carbons (Fsp3) is 0.300. The standard InChI is InChI=1S/C10H10N2O4/c1-3-15-10(13)7-9(14-2)12-8-6(11-7)4-5-16-8/h4-5H,3H2,1-2H3. The Hall–Kier alpha value is -2.11. The molecule has 0 atom stereocenters. The van der Waals surface area contributed by atoms with E-state index in [0.29, 0.717) is 11.2 Å². The molecular weight excluding hydrogens is 212 g/mol. The van der Waals surface area contributed by atoms with Crippen LogP contribution in [0.2, 0.25) is 0 Å². The number of methoxy groups -OCH3 is 1. The second-order valence-corrected chi connectivity index (χ2v) is 2.91. The molecule has 84 valence electrons. The first-order valence-corrected chi connectivity index (χ1v) is 4.72. The summed E-state index contributed by atoms with van der Waals surface area (Å²) in [5.41, 5.74) is 0.868. The Kier molecular flexibility index (Phi) is 2.72. The fourth-order valence-electron chi connectivity index (χ4n) is 1.25. The zero-order chi connectivity index (χ0) is 11.5. The largest absolute Gasteiger partial charge is 0.479 e. The van der Waals surface area contributed by atoms with Gasteiger partial charge in [-0.3, -0.25) is 0 Å². The first kappa shape index (κ1) is 10.4. The number of hydrogen-bond acceptors (Lipinski definition) is 6. The van der Waals surface area contributed by atoms with Crippen molar-refractivity contribution in [2.24, 2.45) is 0 Å². The molecule has 0 fully saturated rings. The summed E-state index contributed by atoms with van der Waals surface area (Å²) >= 11 is 0. The van der Waals surface area contributed by atoms with E-state index in [-0.39, 0.29) is 18.2 Å². The number of ether oxygens (including phenoxy) is 2. The number of carbonyl (C=O) groups excluding carboxylic acids is 1. The van der Waals surface area contributed by atoms with Gasteiger partial charge in [0.2, 0.25) is 11.4 Å². The van der Waals surface area contributed by atoms with Crippen LogP contribution in [0.3, 0.4) is 0 Å². The number of furan rings is 1. The zero-order valence-electron chi connectivity index (χ0n) is 8.89. The molecule has 0 aliphatic rings. The molecule has 2 rings (SSSR count). The second-order valence-electron chi connectivity index (χ2n) is 2.91. The van der Waals surface area contributed by atoms with E-state index in [1.807, 2.05) is 0 Å². The summed E-state index contributed by atoms with van der Waals surface area (Å²) in [6.45, 7) is 1.99. The van der Waals surface area contributed by atoms with Crippen LogP contribution in [-0.4, -0.2) is 29.7 Å². The minimum Gasteiger partial charge on any atom is -0.479 e. The van der Waals surface area contributed by atoms with Gasteiger partial charge in [0.15, 0.2) is 0 Å². The van der Waals surface area contributed by atoms with Crippen LogP contribution in [0.4, 0.5) is 0 Å². The highest BCUT2D eigenvalue weighted by Gasteiger charge is 2.19. The van der Waals surface area contributed by atoms with Gasteiger partial charge < -0.3 is 13.9 Å². The Morgan fingerprint density at radius 1 is 1.50 bits per heavy atom. The normalized spacial score (nSPS) is 10.4. The molecule has 0 saturated heterocycles. The molecule has 6 heteroatoms. The van der Waals surface area contributed by atoms with Crippen molar-refractivity contribution in [3.8, 4) is 5.88 Å². The second kappa shape index (κ2) is 4.18. The van der Waals surface area contributed by atoms with Crippen LogP contribution >= 0.6 is 0 Å². The molecule has 0 aromatic carbocycles. The van der Waals surface area contributed by atoms with Gasteiger partial charge in [0.25, 0.3) is 5.88 Å². The van der Waals surface area contributed by atoms with Gasteiger partial charge in [-0.25, -0.2) is 9.78 Å². The van der Waals surface area contributed by atoms with Crippen molar-refractivity contribution < 1.29 is 18.7 Å². The summed E-state index contributed by atoms with van der Waals surface area (Å²) in [4.78, 5) is 19.6. The Bertz CT molecular complexity index is 521. The van der Waals surface area contributed by atoms with Gasteiger partial charge in [-0.2, -0.15) is 4.98 Å². The minimum absolute atomic E-state index is 0.0539. The van der Waals surface area contributed by atoms with E-state index >= 15 is 0 Å². The minimum atomic E-state index is -0.560. The highest BCUT2D eigenvalue weighted by atomic mass is 16.5. The summed E-state index contributed by atoms with van der Waals surface area (Å²) in [5.74, 6) is -0.462. The van der Waals surface area contributed by atoms with Gasteiger partial charge in [-0.1, -0.05) is 0 Å². The number of aromatic nitrogens is 2. The Labute approximate surface area is 91.2 Å². The number of hydrogen-bond donors (Lipinski definition) is 0. The Morgan fingerprint density at radius 2 is 2.31 bits per heavy atom. The Morgan fingerprint density at radius 3 is 3.00 bits per heavy atom. The molecular formula is C10H10N2O4. The average molecular weight is 222 g/mol. The van der Waals surface area contributed by atoms with E-state index in [0.717, 1.165) is 0 Å². The lowest BCUT2D eigenvalue weighted by Crippen LogP contribution is -2.10. The van der Waals surface area contributed by atoms with Crippen LogP contribution in [0, 0.1) is 0 Å². The predicted molar refractivity (Wildman–Crippen MR) is 54.3 cm³/mol. The van der Waals surface area contributed by atoms with E-state index in [2.05, 4.69) is 9.97 Å². The van der Waals surface area contributed by atoms with Gasteiger partial charge in [-0.15, -0.1) is 0 Å². The van der Waals surface area contributed by atoms with E-state index in [9.17, 15) is 4.79 Å². The molecule has 0 saturated carbocycles. The van der Waals surface area contributed by atoms with Crippen LogP contribution in [0.1, 0.15) is 17.4 Å². The average Bonchev–Trinajstić information content (AvgIpc) is 2.74. The Balaban J connectivity index is 2.52. The van der Waals surface area contributed by atoms with Crippen LogP contribution in [-0.2, 0) is 4.74 Å². The van der Waals surface area contributed by atoms with Gasteiger partial charge in [0, 0.05) is 6.07 Å². The molecule has 0 N–H and O–H groups in total. The third kappa shape index (κ3) is 1.69. The third-order valence-corrected chi connectivity index (χ3v) is 1.92. The quantitative estimate of drug-likeness (QED) is 0.731. The maximum absolute atomic E-state index is 11.6. The topological polar surface area (TPSA) is 74.5 Å². The molecule has 0 aliphatic heterocycles. The van der Waals surface area contributed by atoms with Gasteiger partial charge in [0.1, 0.15) is 5.52 Å². The highest BCUT2D eigenvalue weighted by Crippen LogP contribution is 2.19. The lowest BCUT2D eigenvalue weighted by molar-refractivity contribution is 0.0515.